The van der Waals surface area contributed by atoms with Crippen LogP contribution in [0.1, 0.15) is 31.9 Å². The van der Waals surface area contributed by atoms with Crippen LogP contribution in [0.15, 0.2) is 34.3 Å². The summed E-state index contributed by atoms with van der Waals surface area (Å²) in [7, 11) is 0. The molecular weight excluding hydrogens is 248 g/mol. The van der Waals surface area contributed by atoms with Crippen molar-refractivity contribution >= 4 is 12.0 Å². The van der Waals surface area contributed by atoms with Crippen molar-refractivity contribution in [1.29, 1.82) is 0 Å². The molecule has 1 aliphatic heterocycles. The zero-order chi connectivity index (χ0) is 13.8. The number of carbonyl (C=O) groups excluding carboxylic acids is 2. The Morgan fingerprint density at radius 2 is 2.32 bits per heavy atom. The molecule has 1 unspecified atom stereocenters. The van der Waals surface area contributed by atoms with Gasteiger partial charge in [-0.2, -0.15) is 0 Å². The normalized spacial score (nSPS) is 18.8. The molecule has 0 saturated heterocycles. The number of urea groups is 1. The summed E-state index contributed by atoms with van der Waals surface area (Å²) in [6.07, 6.45) is 3.73. The van der Waals surface area contributed by atoms with Crippen LogP contribution in [0.3, 0.4) is 0 Å². The molecule has 1 aromatic heterocycles. The predicted octanol–water partition coefficient (Wildman–Crippen LogP) is 1.86. The smallest absolute Gasteiger partial charge is 0.338 e. The third kappa shape index (κ3) is 2.78. The van der Waals surface area contributed by atoms with E-state index in [1.165, 1.54) is 12.5 Å². The summed E-state index contributed by atoms with van der Waals surface area (Å²) in [5, 5.41) is 5.26. The lowest BCUT2D eigenvalue weighted by Gasteiger charge is -2.27. The minimum Gasteiger partial charge on any atom is -0.472 e. The Balaban J connectivity index is 2.31. The van der Waals surface area contributed by atoms with Gasteiger partial charge >= 0.3 is 12.0 Å². The van der Waals surface area contributed by atoms with E-state index in [1.54, 1.807) is 13.0 Å². The Labute approximate surface area is 110 Å². The SMILES string of the molecule is CCCOC(=O)C1=C(C)NC(=O)NC1c1ccoc1. The lowest BCUT2D eigenvalue weighted by atomic mass is 9.98. The zero-order valence-electron chi connectivity index (χ0n) is 10.9. The number of rotatable bonds is 4. The van der Waals surface area contributed by atoms with E-state index in [2.05, 4.69) is 10.6 Å². The van der Waals surface area contributed by atoms with Crippen LogP contribution in [0.4, 0.5) is 4.79 Å². The highest BCUT2D eigenvalue weighted by Gasteiger charge is 2.32. The zero-order valence-corrected chi connectivity index (χ0v) is 10.9. The van der Waals surface area contributed by atoms with Gasteiger partial charge in [-0.05, 0) is 19.4 Å². The first-order chi connectivity index (χ1) is 9.13. The molecule has 2 rings (SSSR count). The number of carbonyl (C=O) groups is 2. The van der Waals surface area contributed by atoms with Crippen LogP contribution >= 0.6 is 0 Å². The molecule has 2 heterocycles. The lowest BCUT2D eigenvalue weighted by molar-refractivity contribution is -0.139. The van der Waals surface area contributed by atoms with Crippen molar-refractivity contribution in [3.05, 3.63) is 35.4 Å². The van der Waals surface area contributed by atoms with E-state index in [0.717, 1.165) is 6.42 Å². The van der Waals surface area contributed by atoms with Gasteiger partial charge in [-0.25, -0.2) is 9.59 Å². The summed E-state index contributed by atoms with van der Waals surface area (Å²) in [4.78, 5) is 23.6. The molecule has 1 aromatic rings. The van der Waals surface area contributed by atoms with E-state index in [-0.39, 0.29) is 6.03 Å². The second kappa shape index (κ2) is 5.60. The summed E-state index contributed by atoms with van der Waals surface area (Å²) in [6.45, 7) is 3.94. The number of ether oxygens (including phenoxy) is 1. The molecule has 6 nitrogen and oxygen atoms in total. The van der Waals surface area contributed by atoms with E-state index < -0.39 is 12.0 Å². The molecule has 6 heteroatoms. The van der Waals surface area contributed by atoms with Crippen LogP contribution in [0, 0.1) is 0 Å². The topological polar surface area (TPSA) is 80.6 Å². The Morgan fingerprint density at radius 3 is 2.95 bits per heavy atom. The average molecular weight is 264 g/mol. The maximum Gasteiger partial charge on any atom is 0.338 e. The third-order valence-corrected chi connectivity index (χ3v) is 2.80. The number of allylic oxidation sites excluding steroid dienone is 1. The molecule has 1 atom stereocenters. The molecule has 0 aromatic carbocycles. The molecule has 19 heavy (non-hydrogen) atoms. The highest BCUT2D eigenvalue weighted by Crippen LogP contribution is 2.27. The minimum absolute atomic E-state index is 0.349. The molecule has 0 spiro atoms. The summed E-state index contributed by atoms with van der Waals surface area (Å²) < 4.78 is 10.1. The number of amides is 2. The fourth-order valence-corrected chi connectivity index (χ4v) is 1.93. The summed E-state index contributed by atoms with van der Waals surface area (Å²) in [5.74, 6) is -0.432. The fourth-order valence-electron chi connectivity index (χ4n) is 1.93. The second-order valence-electron chi connectivity index (χ2n) is 4.26. The molecular formula is C13H16N2O4. The quantitative estimate of drug-likeness (QED) is 0.813. The molecule has 0 radical (unpaired) electrons. The third-order valence-electron chi connectivity index (χ3n) is 2.80. The van der Waals surface area contributed by atoms with Crippen molar-refractivity contribution in [2.45, 2.75) is 26.3 Å². The van der Waals surface area contributed by atoms with Crippen LogP contribution in [-0.2, 0) is 9.53 Å². The van der Waals surface area contributed by atoms with Crippen LogP contribution in [0.5, 0.6) is 0 Å². The van der Waals surface area contributed by atoms with E-state index in [0.29, 0.717) is 23.4 Å². The van der Waals surface area contributed by atoms with E-state index >= 15 is 0 Å². The number of esters is 1. The first-order valence-electron chi connectivity index (χ1n) is 6.11. The molecule has 102 valence electrons. The maximum absolute atomic E-state index is 12.1. The number of hydrogen-bond acceptors (Lipinski definition) is 4. The maximum atomic E-state index is 12.1. The van der Waals surface area contributed by atoms with Gasteiger partial charge in [0.1, 0.15) is 0 Å². The van der Waals surface area contributed by atoms with Gasteiger partial charge < -0.3 is 19.8 Å². The number of hydrogen-bond donors (Lipinski definition) is 2. The van der Waals surface area contributed by atoms with Crippen molar-refractivity contribution in [3.63, 3.8) is 0 Å². The van der Waals surface area contributed by atoms with Gasteiger partial charge in [-0.15, -0.1) is 0 Å². The second-order valence-corrected chi connectivity index (χ2v) is 4.26. The first-order valence-corrected chi connectivity index (χ1v) is 6.11. The Kier molecular flexibility index (Phi) is 3.89. The Bertz CT molecular complexity index is 505. The van der Waals surface area contributed by atoms with E-state index in [9.17, 15) is 9.59 Å². The predicted molar refractivity (Wildman–Crippen MR) is 67.1 cm³/mol. The van der Waals surface area contributed by atoms with Gasteiger partial charge in [0.25, 0.3) is 0 Å². The van der Waals surface area contributed by atoms with Gasteiger partial charge in [0.05, 0.1) is 30.7 Å². The largest absolute Gasteiger partial charge is 0.472 e. The highest BCUT2D eigenvalue weighted by molar-refractivity contribution is 5.94. The first kappa shape index (κ1) is 13.2. The van der Waals surface area contributed by atoms with Gasteiger partial charge in [0.2, 0.25) is 0 Å². The number of nitrogens with one attached hydrogen (secondary N) is 2. The van der Waals surface area contributed by atoms with Crippen molar-refractivity contribution in [2.75, 3.05) is 6.61 Å². The Hall–Kier alpha value is -2.24. The van der Waals surface area contributed by atoms with Crippen LogP contribution in [0.2, 0.25) is 0 Å². The van der Waals surface area contributed by atoms with E-state index in [1.807, 2.05) is 6.92 Å². The molecule has 0 bridgehead atoms. The van der Waals surface area contributed by atoms with E-state index in [4.69, 9.17) is 9.15 Å². The van der Waals surface area contributed by atoms with Crippen molar-refractivity contribution in [2.24, 2.45) is 0 Å². The lowest BCUT2D eigenvalue weighted by Crippen LogP contribution is -2.45. The summed E-state index contributed by atoms with van der Waals surface area (Å²) in [5.41, 5.74) is 1.60. The van der Waals surface area contributed by atoms with Crippen molar-refractivity contribution in [1.82, 2.24) is 10.6 Å². The number of furan rings is 1. The standard InChI is InChI=1S/C13H16N2O4/c1-3-5-19-12(16)10-8(2)14-13(17)15-11(10)9-4-6-18-7-9/h4,6-7,11H,3,5H2,1-2H3,(H2,14,15,17). The average Bonchev–Trinajstić information content (AvgIpc) is 2.88. The summed E-state index contributed by atoms with van der Waals surface area (Å²) >= 11 is 0. The van der Waals surface area contributed by atoms with Gasteiger partial charge in [0, 0.05) is 11.3 Å². The summed E-state index contributed by atoms with van der Waals surface area (Å²) in [6, 6.07) is 0.809. The fraction of sp³-hybridized carbons (Fsp3) is 0.385. The van der Waals surface area contributed by atoms with Gasteiger partial charge in [-0.3, -0.25) is 0 Å². The molecule has 1 aliphatic rings. The van der Waals surface area contributed by atoms with Crippen molar-refractivity contribution in [3.8, 4) is 0 Å². The van der Waals surface area contributed by atoms with Gasteiger partial charge in [0.15, 0.2) is 0 Å². The molecule has 0 saturated carbocycles. The monoisotopic (exact) mass is 264 g/mol. The van der Waals surface area contributed by atoms with Crippen molar-refractivity contribution < 1.29 is 18.7 Å². The van der Waals surface area contributed by atoms with Crippen LogP contribution < -0.4 is 10.6 Å². The highest BCUT2D eigenvalue weighted by atomic mass is 16.5. The molecule has 0 fully saturated rings. The van der Waals surface area contributed by atoms with Gasteiger partial charge in [-0.1, -0.05) is 6.92 Å². The minimum atomic E-state index is -0.545. The Morgan fingerprint density at radius 1 is 1.53 bits per heavy atom. The molecule has 2 N–H and O–H groups in total. The molecule has 2 amide bonds. The van der Waals surface area contributed by atoms with Crippen LogP contribution in [-0.4, -0.2) is 18.6 Å². The van der Waals surface area contributed by atoms with Crippen LogP contribution in [0.25, 0.3) is 0 Å². The molecule has 0 aliphatic carbocycles.